The Bertz CT molecular complexity index is 744. The molecular weight excluding hydrogens is 299 g/mol. The summed E-state index contributed by atoms with van der Waals surface area (Å²) < 4.78 is 1.10. The van der Waals surface area contributed by atoms with E-state index in [1.807, 2.05) is 30.3 Å². The zero-order chi connectivity index (χ0) is 13.4. The predicted molar refractivity (Wildman–Crippen MR) is 81.7 cm³/mol. The van der Waals surface area contributed by atoms with E-state index in [2.05, 4.69) is 0 Å². The van der Waals surface area contributed by atoms with Gasteiger partial charge >= 0.3 is 0 Å². The van der Waals surface area contributed by atoms with Crippen LogP contribution < -0.4 is 0 Å². The Kier molecular flexibility index (Phi) is 3.31. The molecule has 1 aromatic heterocycles. The summed E-state index contributed by atoms with van der Waals surface area (Å²) in [6, 6.07) is 14.8. The van der Waals surface area contributed by atoms with Crippen molar-refractivity contribution in [1.29, 1.82) is 0 Å². The van der Waals surface area contributed by atoms with Crippen LogP contribution in [0.25, 0.3) is 10.1 Å². The third kappa shape index (κ3) is 2.39. The summed E-state index contributed by atoms with van der Waals surface area (Å²) in [6.07, 6.45) is 0. The molecule has 0 saturated heterocycles. The zero-order valence-corrected chi connectivity index (χ0v) is 12.0. The molecule has 0 aliphatic rings. The van der Waals surface area contributed by atoms with Crippen LogP contribution in [0, 0.1) is 0 Å². The van der Waals surface area contributed by atoms with Crippen LogP contribution in [0.15, 0.2) is 48.5 Å². The van der Waals surface area contributed by atoms with E-state index in [4.69, 9.17) is 23.2 Å². The molecule has 0 spiro atoms. The summed E-state index contributed by atoms with van der Waals surface area (Å²) in [4.78, 5) is 13.1. The smallest absolute Gasteiger partial charge is 0.203 e. The molecule has 1 nitrogen and oxygen atoms in total. The van der Waals surface area contributed by atoms with Crippen molar-refractivity contribution in [3.05, 3.63) is 69.0 Å². The largest absolute Gasteiger partial charge is 0.288 e. The molecule has 0 saturated carbocycles. The lowest BCUT2D eigenvalue weighted by atomic mass is 10.1. The molecule has 0 amide bonds. The van der Waals surface area contributed by atoms with E-state index in [9.17, 15) is 4.79 Å². The van der Waals surface area contributed by atoms with Crippen LogP contribution in [0.1, 0.15) is 15.2 Å². The first-order valence-corrected chi connectivity index (χ1v) is 7.21. The first kappa shape index (κ1) is 12.7. The Labute approximate surface area is 124 Å². The van der Waals surface area contributed by atoms with Crippen LogP contribution in [-0.2, 0) is 0 Å². The quantitative estimate of drug-likeness (QED) is 0.576. The van der Waals surface area contributed by atoms with Crippen LogP contribution in [-0.4, -0.2) is 5.78 Å². The molecule has 0 radical (unpaired) electrons. The lowest BCUT2D eigenvalue weighted by Crippen LogP contribution is -1.98. The molecule has 3 aromatic rings. The Hall–Kier alpha value is -1.35. The second-order valence-corrected chi connectivity index (χ2v) is 6.00. The van der Waals surface area contributed by atoms with Crippen LogP contribution in [0.5, 0.6) is 0 Å². The first-order chi connectivity index (χ1) is 9.15. The standard InChI is InChI=1S/C15H8Cl2OS/c16-11-6-5-10(7-12(11)17)15(18)14-8-9-3-1-2-4-13(9)19-14/h1-8H. The summed E-state index contributed by atoms with van der Waals surface area (Å²) >= 11 is 13.3. The first-order valence-electron chi connectivity index (χ1n) is 5.63. The minimum absolute atomic E-state index is 0.0280. The normalized spacial score (nSPS) is 10.8. The van der Waals surface area contributed by atoms with E-state index in [0.29, 0.717) is 20.5 Å². The van der Waals surface area contributed by atoms with Crippen molar-refractivity contribution < 1.29 is 4.79 Å². The maximum atomic E-state index is 12.4. The third-order valence-electron chi connectivity index (χ3n) is 2.83. The molecule has 0 aliphatic heterocycles. The average molecular weight is 307 g/mol. The molecule has 19 heavy (non-hydrogen) atoms. The number of carbonyl (C=O) groups excluding carboxylic acids is 1. The Morgan fingerprint density at radius 2 is 1.74 bits per heavy atom. The minimum Gasteiger partial charge on any atom is -0.288 e. The van der Waals surface area contributed by atoms with Crippen LogP contribution in [0.4, 0.5) is 0 Å². The van der Waals surface area contributed by atoms with E-state index in [-0.39, 0.29) is 5.78 Å². The van der Waals surface area contributed by atoms with Gasteiger partial charge in [0.1, 0.15) is 0 Å². The van der Waals surface area contributed by atoms with E-state index in [1.54, 1.807) is 18.2 Å². The maximum absolute atomic E-state index is 12.4. The highest BCUT2D eigenvalue weighted by Gasteiger charge is 2.13. The van der Waals surface area contributed by atoms with Gasteiger partial charge in [-0.05, 0) is 35.7 Å². The predicted octanol–water partition coefficient (Wildman–Crippen LogP) is 5.44. The fourth-order valence-corrected chi connectivity index (χ4v) is 3.20. The van der Waals surface area contributed by atoms with Gasteiger partial charge in [-0.3, -0.25) is 4.79 Å². The number of carbonyl (C=O) groups is 1. The van der Waals surface area contributed by atoms with E-state index < -0.39 is 0 Å². The molecule has 2 aromatic carbocycles. The molecule has 0 fully saturated rings. The van der Waals surface area contributed by atoms with Crippen LogP contribution >= 0.6 is 34.5 Å². The zero-order valence-electron chi connectivity index (χ0n) is 9.69. The van der Waals surface area contributed by atoms with Gasteiger partial charge in [-0.2, -0.15) is 0 Å². The van der Waals surface area contributed by atoms with Gasteiger partial charge in [0, 0.05) is 10.3 Å². The number of rotatable bonds is 2. The second kappa shape index (κ2) is 4.97. The molecule has 1 heterocycles. The van der Waals surface area contributed by atoms with E-state index in [0.717, 1.165) is 10.1 Å². The van der Waals surface area contributed by atoms with Gasteiger partial charge in [-0.25, -0.2) is 0 Å². The lowest BCUT2D eigenvalue weighted by Gasteiger charge is -2.00. The van der Waals surface area contributed by atoms with Gasteiger partial charge in [0.05, 0.1) is 14.9 Å². The lowest BCUT2D eigenvalue weighted by molar-refractivity contribution is 0.104. The van der Waals surface area contributed by atoms with Crippen molar-refractivity contribution in [2.45, 2.75) is 0 Å². The fraction of sp³-hybridized carbons (Fsp3) is 0. The Balaban J connectivity index is 2.05. The van der Waals surface area contributed by atoms with E-state index >= 15 is 0 Å². The van der Waals surface area contributed by atoms with Crippen molar-refractivity contribution >= 4 is 50.4 Å². The van der Waals surface area contributed by atoms with Gasteiger partial charge in [-0.1, -0.05) is 41.4 Å². The van der Waals surface area contributed by atoms with Crippen molar-refractivity contribution in [2.75, 3.05) is 0 Å². The third-order valence-corrected chi connectivity index (χ3v) is 4.68. The number of fused-ring (bicyclic) bond motifs is 1. The summed E-state index contributed by atoms with van der Waals surface area (Å²) in [6.45, 7) is 0. The van der Waals surface area contributed by atoms with Gasteiger partial charge in [-0.15, -0.1) is 11.3 Å². The molecule has 0 bridgehead atoms. The highest BCUT2D eigenvalue weighted by atomic mass is 35.5. The number of benzene rings is 2. The number of hydrogen-bond donors (Lipinski definition) is 0. The highest BCUT2D eigenvalue weighted by molar-refractivity contribution is 7.21. The molecule has 4 heteroatoms. The summed E-state index contributed by atoms with van der Waals surface area (Å²) in [5, 5.41) is 1.93. The van der Waals surface area contributed by atoms with Crippen molar-refractivity contribution in [3.63, 3.8) is 0 Å². The second-order valence-electron chi connectivity index (χ2n) is 4.11. The van der Waals surface area contributed by atoms with Crippen LogP contribution in [0.3, 0.4) is 0 Å². The minimum atomic E-state index is -0.0280. The van der Waals surface area contributed by atoms with Crippen molar-refractivity contribution in [1.82, 2.24) is 0 Å². The van der Waals surface area contributed by atoms with Gasteiger partial charge in [0.15, 0.2) is 0 Å². The molecule has 0 unspecified atom stereocenters. The highest BCUT2D eigenvalue weighted by Crippen LogP contribution is 2.29. The topological polar surface area (TPSA) is 17.1 Å². The van der Waals surface area contributed by atoms with Crippen LogP contribution in [0.2, 0.25) is 10.0 Å². The van der Waals surface area contributed by atoms with Crippen molar-refractivity contribution in [3.8, 4) is 0 Å². The number of halogens is 2. The Morgan fingerprint density at radius 3 is 2.47 bits per heavy atom. The number of hydrogen-bond acceptors (Lipinski definition) is 2. The molecule has 0 aliphatic carbocycles. The molecular formula is C15H8Cl2OS. The van der Waals surface area contributed by atoms with Gasteiger partial charge < -0.3 is 0 Å². The number of ketones is 1. The number of thiophene rings is 1. The summed E-state index contributed by atoms with van der Waals surface area (Å²) in [5.74, 6) is -0.0280. The SMILES string of the molecule is O=C(c1ccc(Cl)c(Cl)c1)c1cc2ccccc2s1. The fourth-order valence-electron chi connectivity index (χ4n) is 1.87. The molecule has 94 valence electrons. The van der Waals surface area contributed by atoms with Gasteiger partial charge in [0.2, 0.25) is 5.78 Å². The summed E-state index contributed by atoms with van der Waals surface area (Å²) in [7, 11) is 0. The monoisotopic (exact) mass is 306 g/mol. The summed E-state index contributed by atoms with van der Waals surface area (Å²) in [5.41, 5.74) is 0.556. The molecule has 0 N–H and O–H groups in total. The molecule has 0 atom stereocenters. The maximum Gasteiger partial charge on any atom is 0.203 e. The van der Waals surface area contributed by atoms with Gasteiger partial charge in [0.25, 0.3) is 0 Å². The van der Waals surface area contributed by atoms with E-state index in [1.165, 1.54) is 11.3 Å². The molecule has 3 rings (SSSR count). The Morgan fingerprint density at radius 1 is 0.947 bits per heavy atom. The van der Waals surface area contributed by atoms with Crippen molar-refractivity contribution in [2.24, 2.45) is 0 Å². The average Bonchev–Trinajstić information content (AvgIpc) is 2.85.